The number of hydrogen-bond donors (Lipinski definition) is 1. The van der Waals surface area contributed by atoms with Gasteiger partial charge in [-0.05, 0) is 48.7 Å². The van der Waals surface area contributed by atoms with E-state index in [1.54, 1.807) is 24.7 Å². The van der Waals surface area contributed by atoms with Crippen LogP contribution >= 0.6 is 0 Å². The van der Waals surface area contributed by atoms with Crippen LogP contribution in [0.3, 0.4) is 0 Å². The Bertz CT molecular complexity index is 827. The molecule has 0 saturated carbocycles. The molecule has 0 saturated heterocycles. The van der Waals surface area contributed by atoms with Gasteiger partial charge in [0.25, 0.3) is 5.91 Å². The molecule has 3 aromatic rings. The van der Waals surface area contributed by atoms with Gasteiger partial charge in [-0.15, -0.1) is 0 Å². The zero-order valence-corrected chi connectivity index (χ0v) is 14.4. The van der Waals surface area contributed by atoms with Crippen molar-refractivity contribution in [1.29, 1.82) is 0 Å². The number of pyridine rings is 2. The monoisotopic (exact) mass is 331 g/mol. The van der Waals surface area contributed by atoms with Crippen LogP contribution in [0, 0.1) is 0 Å². The zero-order chi connectivity index (χ0) is 17.6. The third-order valence-electron chi connectivity index (χ3n) is 4.22. The minimum absolute atomic E-state index is 0.0589. The lowest BCUT2D eigenvalue weighted by molar-refractivity contribution is 0.0939. The van der Waals surface area contributed by atoms with Gasteiger partial charge in [-0.2, -0.15) is 0 Å². The van der Waals surface area contributed by atoms with Crippen LogP contribution in [-0.4, -0.2) is 15.9 Å². The van der Waals surface area contributed by atoms with Crippen LogP contribution in [0.1, 0.15) is 41.4 Å². The van der Waals surface area contributed by atoms with Crippen molar-refractivity contribution in [3.8, 4) is 11.3 Å². The van der Waals surface area contributed by atoms with Crippen molar-refractivity contribution >= 4 is 5.91 Å². The van der Waals surface area contributed by atoms with E-state index >= 15 is 0 Å². The van der Waals surface area contributed by atoms with Gasteiger partial charge in [0, 0.05) is 24.2 Å². The second-order valence-corrected chi connectivity index (χ2v) is 5.96. The number of rotatable bonds is 5. The molecule has 0 fully saturated rings. The van der Waals surface area contributed by atoms with Crippen molar-refractivity contribution in [1.82, 2.24) is 15.3 Å². The van der Waals surface area contributed by atoms with Crippen LogP contribution in [0.25, 0.3) is 11.3 Å². The molecule has 2 aromatic heterocycles. The summed E-state index contributed by atoms with van der Waals surface area (Å²) >= 11 is 0. The topological polar surface area (TPSA) is 54.9 Å². The van der Waals surface area contributed by atoms with Crippen LogP contribution < -0.4 is 5.32 Å². The van der Waals surface area contributed by atoms with E-state index in [0.29, 0.717) is 5.56 Å². The Balaban J connectivity index is 1.68. The molecule has 1 amide bonds. The second-order valence-electron chi connectivity index (χ2n) is 5.96. The smallest absolute Gasteiger partial charge is 0.253 e. The van der Waals surface area contributed by atoms with Gasteiger partial charge in [-0.1, -0.05) is 31.2 Å². The minimum atomic E-state index is -0.127. The Hall–Kier alpha value is -3.01. The van der Waals surface area contributed by atoms with Gasteiger partial charge in [-0.25, -0.2) is 0 Å². The van der Waals surface area contributed by atoms with E-state index in [0.717, 1.165) is 23.2 Å². The fraction of sp³-hybridized carbons (Fsp3) is 0.190. The Morgan fingerprint density at radius 2 is 1.88 bits per heavy atom. The molecule has 0 radical (unpaired) electrons. The van der Waals surface area contributed by atoms with E-state index in [9.17, 15) is 4.79 Å². The number of aryl methyl sites for hydroxylation is 1. The zero-order valence-electron chi connectivity index (χ0n) is 14.4. The van der Waals surface area contributed by atoms with Gasteiger partial charge < -0.3 is 5.32 Å². The van der Waals surface area contributed by atoms with Crippen LogP contribution in [0.4, 0.5) is 0 Å². The number of benzene rings is 1. The van der Waals surface area contributed by atoms with Gasteiger partial charge in [0.1, 0.15) is 0 Å². The highest BCUT2D eigenvalue weighted by molar-refractivity contribution is 5.94. The summed E-state index contributed by atoms with van der Waals surface area (Å²) in [6.07, 6.45) is 6.09. The maximum Gasteiger partial charge on any atom is 0.253 e. The average Bonchev–Trinajstić information content (AvgIpc) is 2.68. The first-order chi connectivity index (χ1) is 12.2. The van der Waals surface area contributed by atoms with Gasteiger partial charge in [0.15, 0.2) is 0 Å². The molecule has 1 aromatic carbocycles. The van der Waals surface area contributed by atoms with Crippen molar-refractivity contribution in [2.75, 3.05) is 0 Å². The standard InChI is InChI=1S/C21H21N3O/c1-3-16-6-8-17(9-7-16)15(2)24-21(25)19-10-11-20(23-14-19)18-5-4-12-22-13-18/h4-15H,3H2,1-2H3,(H,24,25)/t15-/m1/s1. The highest BCUT2D eigenvalue weighted by Gasteiger charge is 2.12. The third-order valence-corrected chi connectivity index (χ3v) is 4.22. The van der Waals surface area contributed by atoms with Gasteiger partial charge in [0.05, 0.1) is 17.3 Å². The van der Waals surface area contributed by atoms with E-state index in [4.69, 9.17) is 0 Å². The summed E-state index contributed by atoms with van der Waals surface area (Å²) in [4.78, 5) is 20.9. The Morgan fingerprint density at radius 3 is 2.48 bits per heavy atom. The molecule has 3 rings (SSSR count). The van der Waals surface area contributed by atoms with Gasteiger partial charge >= 0.3 is 0 Å². The molecule has 4 heteroatoms. The first-order valence-electron chi connectivity index (χ1n) is 8.43. The molecular weight excluding hydrogens is 310 g/mol. The van der Waals surface area contributed by atoms with Crippen LogP contribution in [0.5, 0.6) is 0 Å². The Labute approximate surface area is 148 Å². The molecule has 4 nitrogen and oxygen atoms in total. The predicted octanol–water partition coefficient (Wildman–Crippen LogP) is 4.20. The predicted molar refractivity (Wildman–Crippen MR) is 99.2 cm³/mol. The normalized spacial score (nSPS) is 11.8. The minimum Gasteiger partial charge on any atom is -0.345 e. The van der Waals surface area contributed by atoms with E-state index in [1.807, 2.05) is 25.1 Å². The molecule has 0 spiro atoms. The van der Waals surface area contributed by atoms with Crippen molar-refractivity contribution in [3.05, 3.63) is 83.8 Å². The van der Waals surface area contributed by atoms with Crippen LogP contribution in [-0.2, 0) is 6.42 Å². The molecule has 0 aliphatic heterocycles. The fourth-order valence-corrected chi connectivity index (χ4v) is 2.62. The molecule has 1 N–H and O–H groups in total. The van der Waals surface area contributed by atoms with Gasteiger partial charge in [0.2, 0.25) is 0 Å². The molecule has 0 aliphatic rings. The Morgan fingerprint density at radius 1 is 1.08 bits per heavy atom. The fourth-order valence-electron chi connectivity index (χ4n) is 2.62. The first kappa shape index (κ1) is 16.8. The van der Waals surface area contributed by atoms with Crippen molar-refractivity contribution in [3.63, 3.8) is 0 Å². The number of aromatic nitrogens is 2. The maximum atomic E-state index is 12.4. The summed E-state index contributed by atoms with van der Waals surface area (Å²) in [5, 5.41) is 3.02. The van der Waals surface area contributed by atoms with E-state index in [1.165, 1.54) is 5.56 Å². The number of hydrogen-bond acceptors (Lipinski definition) is 3. The van der Waals surface area contributed by atoms with Crippen molar-refractivity contribution < 1.29 is 4.79 Å². The second kappa shape index (κ2) is 7.71. The van der Waals surface area contributed by atoms with Crippen LogP contribution in [0.15, 0.2) is 67.1 Å². The average molecular weight is 331 g/mol. The van der Waals surface area contributed by atoms with Crippen molar-refractivity contribution in [2.45, 2.75) is 26.3 Å². The lowest BCUT2D eigenvalue weighted by Crippen LogP contribution is -2.26. The highest BCUT2D eigenvalue weighted by Crippen LogP contribution is 2.17. The molecule has 1 atom stereocenters. The number of carbonyl (C=O) groups excluding carboxylic acids is 1. The maximum absolute atomic E-state index is 12.4. The summed E-state index contributed by atoms with van der Waals surface area (Å²) in [7, 11) is 0. The Kier molecular flexibility index (Phi) is 5.19. The van der Waals surface area contributed by atoms with Crippen LogP contribution in [0.2, 0.25) is 0 Å². The van der Waals surface area contributed by atoms with E-state index in [-0.39, 0.29) is 11.9 Å². The summed E-state index contributed by atoms with van der Waals surface area (Å²) < 4.78 is 0. The summed E-state index contributed by atoms with van der Waals surface area (Å²) in [5.74, 6) is -0.127. The molecule has 0 bridgehead atoms. The van der Waals surface area contributed by atoms with E-state index in [2.05, 4.69) is 46.5 Å². The van der Waals surface area contributed by atoms with Crippen molar-refractivity contribution in [2.24, 2.45) is 0 Å². The first-order valence-corrected chi connectivity index (χ1v) is 8.43. The molecule has 0 aliphatic carbocycles. The number of nitrogens with one attached hydrogen (secondary N) is 1. The largest absolute Gasteiger partial charge is 0.345 e. The number of carbonyl (C=O) groups is 1. The third kappa shape index (κ3) is 4.10. The molecule has 2 heterocycles. The highest BCUT2D eigenvalue weighted by atomic mass is 16.1. The summed E-state index contributed by atoms with van der Waals surface area (Å²) in [6.45, 7) is 4.11. The SMILES string of the molecule is CCc1ccc([C@@H](C)NC(=O)c2ccc(-c3cccnc3)nc2)cc1. The van der Waals surface area contributed by atoms with E-state index < -0.39 is 0 Å². The lowest BCUT2D eigenvalue weighted by Gasteiger charge is -2.15. The number of nitrogens with zero attached hydrogens (tertiary/aromatic N) is 2. The number of amides is 1. The summed E-state index contributed by atoms with van der Waals surface area (Å²) in [6, 6.07) is 15.7. The lowest BCUT2D eigenvalue weighted by atomic mass is 10.0. The summed E-state index contributed by atoms with van der Waals surface area (Å²) in [5.41, 5.74) is 4.65. The molecule has 126 valence electrons. The van der Waals surface area contributed by atoms with Gasteiger partial charge in [-0.3, -0.25) is 14.8 Å². The molecule has 0 unspecified atom stereocenters. The quantitative estimate of drug-likeness (QED) is 0.762. The molecular formula is C21H21N3O. The molecule has 25 heavy (non-hydrogen) atoms.